The Hall–Kier alpha value is -3.41. The first-order chi connectivity index (χ1) is 20.3. The van der Waals surface area contributed by atoms with Crippen molar-refractivity contribution in [1.29, 1.82) is 0 Å². The maximum Gasteiger partial charge on any atom is 0.318 e. The molecule has 2 saturated heterocycles. The van der Waals surface area contributed by atoms with Gasteiger partial charge < -0.3 is 30.6 Å². The SMILES string of the molecule is CC(CN)NC(=O)N(C[C@@H]1CNC[C@@H]1F)[C@@H](c1nc(-c2cc(F)ccc2F)cn1Cc1ccccc1)C1CCOCC1. The molecular weight excluding hydrogens is 545 g/mol. The Morgan fingerprint density at radius 3 is 2.64 bits per heavy atom. The minimum Gasteiger partial charge on any atom is -0.381 e. The molecule has 4 atom stereocenters. The van der Waals surface area contributed by atoms with Gasteiger partial charge in [-0.2, -0.15) is 0 Å². The highest BCUT2D eigenvalue weighted by Crippen LogP contribution is 2.38. The van der Waals surface area contributed by atoms with Crippen LogP contribution < -0.4 is 16.4 Å². The van der Waals surface area contributed by atoms with Gasteiger partial charge in [0.15, 0.2) is 0 Å². The molecular formula is C31H39F3N6O2. The number of carbonyl (C=O) groups excluding carboxylic acids is 1. The number of alkyl halides is 1. The van der Waals surface area contributed by atoms with Crippen LogP contribution in [0.15, 0.2) is 54.7 Å². The second-order valence-electron chi connectivity index (χ2n) is 11.3. The lowest BCUT2D eigenvalue weighted by atomic mass is 9.89. The predicted octanol–water partition coefficient (Wildman–Crippen LogP) is 4.26. The number of carbonyl (C=O) groups is 1. The number of ether oxygens (including phenoxy) is 1. The molecule has 5 rings (SSSR count). The summed E-state index contributed by atoms with van der Waals surface area (Å²) in [5, 5.41) is 6.06. The lowest BCUT2D eigenvalue weighted by molar-refractivity contribution is 0.0256. The number of nitrogens with two attached hydrogens (primary N) is 1. The average molecular weight is 585 g/mol. The van der Waals surface area contributed by atoms with Crippen molar-refractivity contribution in [2.45, 2.75) is 44.6 Å². The fourth-order valence-corrected chi connectivity index (χ4v) is 5.84. The highest BCUT2D eigenvalue weighted by atomic mass is 19.1. The van der Waals surface area contributed by atoms with Gasteiger partial charge in [0.05, 0.1) is 11.7 Å². The summed E-state index contributed by atoms with van der Waals surface area (Å²) in [7, 11) is 0. The maximum absolute atomic E-state index is 15.0. The van der Waals surface area contributed by atoms with E-state index in [9.17, 15) is 18.0 Å². The van der Waals surface area contributed by atoms with E-state index in [0.29, 0.717) is 45.0 Å². The van der Waals surface area contributed by atoms with Gasteiger partial charge in [0.25, 0.3) is 0 Å². The molecule has 2 aromatic carbocycles. The van der Waals surface area contributed by atoms with Crippen LogP contribution in [-0.2, 0) is 11.3 Å². The van der Waals surface area contributed by atoms with Crippen molar-refractivity contribution in [3.63, 3.8) is 0 Å². The third kappa shape index (κ3) is 6.96. The monoisotopic (exact) mass is 584 g/mol. The van der Waals surface area contributed by atoms with Gasteiger partial charge in [-0.05, 0) is 49.4 Å². The number of hydrogen-bond donors (Lipinski definition) is 3. The summed E-state index contributed by atoms with van der Waals surface area (Å²) in [5.41, 5.74) is 7.11. The normalized spacial score (nSPS) is 20.8. The van der Waals surface area contributed by atoms with Gasteiger partial charge in [0.1, 0.15) is 23.6 Å². The molecule has 11 heteroatoms. The van der Waals surface area contributed by atoms with E-state index < -0.39 is 29.8 Å². The van der Waals surface area contributed by atoms with Gasteiger partial charge in [-0.3, -0.25) is 0 Å². The zero-order valence-electron chi connectivity index (χ0n) is 23.8. The number of amides is 2. The van der Waals surface area contributed by atoms with Crippen molar-refractivity contribution < 1.29 is 22.7 Å². The average Bonchev–Trinajstić information content (AvgIpc) is 3.60. The van der Waals surface area contributed by atoms with Crippen molar-refractivity contribution in [3.8, 4) is 11.3 Å². The molecule has 2 aliphatic heterocycles. The summed E-state index contributed by atoms with van der Waals surface area (Å²) in [4.78, 5) is 20.5. The Kier molecular flexibility index (Phi) is 9.81. The summed E-state index contributed by atoms with van der Waals surface area (Å²) in [5.74, 6) is -1.12. The number of nitrogens with zero attached hydrogens (tertiary/aromatic N) is 3. The number of imidazole rings is 1. The molecule has 0 saturated carbocycles. The fourth-order valence-electron chi connectivity index (χ4n) is 5.84. The lowest BCUT2D eigenvalue weighted by Crippen LogP contribution is -2.52. The molecule has 2 aliphatic rings. The minimum atomic E-state index is -1.11. The summed E-state index contributed by atoms with van der Waals surface area (Å²) in [6, 6.07) is 11.7. The molecule has 8 nitrogen and oxygen atoms in total. The molecule has 226 valence electrons. The lowest BCUT2D eigenvalue weighted by Gasteiger charge is -2.40. The van der Waals surface area contributed by atoms with E-state index >= 15 is 0 Å². The summed E-state index contributed by atoms with van der Waals surface area (Å²) < 4.78 is 51.8. The Labute approximate surface area is 244 Å². The van der Waals surface area contributed by atoms with Gasteiger partial charge in [-0.25, -0.2) is 22.9 Å². The molecule has 2 fully saturated rings. The number of urea groups is 1. The fraction of sp³-hybridized carbons (Fsp3) is 0.484. The van der Waals surface area contributed by atoms with E-state index in [1.165, 1.54) is 0 Å². The van der Waals surface area contributed by atoms with Gasteiger partial charge in [0.2, 0.25) is 0 Å². The van der Waals surface area contributed by atoms with Crippen LogP contribution in [0.4, 0.5) is 18.0 Å². The van der Waals surface area contributed by atoms with E-state index in [1.807, 2.05) is 41.8 Å². The van der Waals surface area contributed by atoms with E-state index in [1.54, 1.807) is 11.1 Å². The molecule has 4 N–H and O–H groups in total. The van der Waals surface area contributed by atoms with Gasteiger partial charge >= 0.3 is 6.03 Å². The minimum absolute atomic E-state index is 0.0327. The van der Waals surface area contributed by atoms with Gasteiger partial charge in [-0.15, -0.1) is 0 Å². The molecule has 1 aromatic heterocycles. The molecule has 0 radical (unpaired) electrons. The number of rotatable bonds is 10. The van der Waals surface area contributed by atoms with E-state index in [4.69, 9.17) is 15.5 Å². The van der Waals surface area contributed by atoms with Crippen LogP contribution in [-0.4, -0.2) is 72.1 Å². The Balaban J connectivity index is 1.64. The maximum atomic E-state index is 15.0. The second-order valence-corrected chi connectivity index (χ2v) is 11.3. The topological polar surface area (TPSA) is 97.4 Å². The van der Waals surface area contributed by atoms with E-state index in [0.717, 1.165) is 23.8 Å². The van der Waals surface area contributed by atoms with Crippen molar-refractivity contribution in [2.24, 2.45) is 17.6 Å². The molecule has 1 unspecified atom stereocenters. The van der Waals surface area contributed by atoms with E-state index in [2.05, 4.69) is 10.6 Å². The smallest absolute Gasteiger partial charge is 0.318 e. The number of benzene rings is 2. The van der Waals surface area contributed by atoms with Gasteiger partial charge in [0, 0.05) is 69.7 Å². The standard InChI is InChI=1S/C31H39F3N6O2/c1-20(14-35)37-31(41)40(18-23-15-36-16-27(23)34)29(22-9-11-42-12-10-22)30-38-28(25-13-24(32)7-8-26(25)33)19-39(30)17-21-5-3-2-4-6-21/h2-8,13,19-20,22-23,27,29,36H,9-12,14-18,35H2,1H3,(H,37,41)/t20?,23-,27-,29+/m0/s1. The first-order valence-corrected chi connectivity index (χ1v) is 14.6. The molecule has 42 heavy (non-hydrogen) atoms. The quantitative estimate of drug-likeness (QED) is 0.331. The molecule has 3 aromatic rings. The number of nitrogens with one attached hydrogen (secondary N) is 2. The Morgan fingerprint density at radius 1 is 1.19 bits per heavy atom. The summed E-state index contributed by atoms with van der Waals surface area (Å²) in [6.45, 7) is 4.30. The van der Waals surface area contributed by atoms with E-state index in [-0.39, 0.29) is 48.9 Å². The van der Waals surface area contributed by atoms with Gasteiger partial charge in [-0.1, -0.05) is 30.3 Å². The predicted molar refractivity (Wildman–Crippen MR) is 154 cm³/mol. The summed E-state index contributed by atoms with van der Waals surface area (Å²) in [6.07, 6.45) is 1.92. The van der Waals surface area contributed by atoms with Crippen LogP contribution in [0.2, 0.25) is 0 Å². The zero-order valence-corrected chi connectivity index (χ0v) is 23.8. The van der Waals surface area contributed by atoms with Crippen LogP contribution in [0.1, 0.15) is 37.2 Å². The van der Waals surface area contributed by atoms with Crippen molar-refractivity contribution >= 4 is 6.03 Å². The van der Waals surface area contributed by atoms with Crippen molar-refractivity contribution in [1.82, 2.24) is 25.1 Å². The Morgan fingerprint density at radius 2 is 1.95 bits per heavy atom. The second kappa shape index (κ2) is 13.7. The first kappa shape index (κ1) is 30.1. The highest BCUT2D eigenvalue weighted by Gasteiger charge is 2.40. The molecule has 0 bridgehead atoms. The van der Waals surface area contributed by atoms with Crippen molar-refractivity contribution in [3.05, 3.63) is 77.8 Å². The number of hydrogen-bond acceptors (Lipinski definition) is 5. The zero-order chi connectivity index (χ0) is 29.6. The molecule has 0 spiro atoms. The largest absolute Gasteiger partial charge is 0.381 e. The third-order valence-corrected chi connectivity index (χ3v) is 8.19. The first-order valence-electron chi connectivity index (χ1n) is 14.6. The molecule has 0 aliphatic carbocycles. The van der Waals surface area contributed by atoms with Crippen LogP contribution >= 0.6 is 0 Å². The van der Waals surface area contributed by atoms with Crippen molar-refractivity contribution in [2.75, 3.05) is 39.4 Å². The Bertz CT molecular complexity index is 1330. The number of aromatic nitrogens is 2. The van der Waals surface area contributed by atoms with Crippen LogP contribution in [0, 0.1) is 23.5 Å². The van der Waals surface area contributed by atoms with Crippen LogP contribution in [0.25, 0.3) is 11.3 Å². The molecule has 2 amide bonds. The summed E-state index contributed by atoms with van der Waals surface area (Å²) >= 11 is 0. The number of halogens is 3. The van der Waals surface area contributed by atoms with Crippen LogP contribution in [0.5, 0.6) is 0 Å². The highest BCUT2D eigenvalue weighted by molar-refractivity contribution is 5.75. The third-order valence-electron chi connectivity index (χ3n) is 8.19. The van der Waals surface area contributed by atoms with Crippen LogP contribution in [0.3, 0.4) is 0 Å². The molecule has 3 heterocycles.